The molecule has 2 rings (SSSR count). The van der Waals surface area contributed by atoms with E-state index in [0.29, 0.717) is 17.5 Å². The van der Waals surface area contributed by atoms with E-state index in [-0.39, 0.29) is 0 Å². The smallest absolute Gasteiger partial charge is 0.423 e. The lowest BCUT2D eigenvalue weighted by atomic mass is 9.83. The van der Waals surface area contributed by atoms with Gasteiger partial charge in [0.05, 0.1) is 0 Å². The van der Waals surface area contributed by atoms with Crippen molar-refractivity contribution in [3.63, 3.8) is 0 Å². The summed E-state index contributed by atoms with van der Waals surface area (Å²) in [6.45, 7) is 3.12. The highest BCUT2D eigenvalue weighted by atomic mass is 16.4. The minimum Gasteiger partial charge on any atom is -0.423 e. The van der Waals surface area contributed by atoms with Crippen molar-refractivity contribution in [3.05, 3.63) is 12.4 Å². The lowest BCUT2D eigenvalue weighted by Crippen LogP contribution is -2.33. The maximum atomic E-state index is 8.89. The van der Waals surface area contributed by atoms with Gasteiger partial charge in [-0.05, 0) is 19.8 Å². The SMILES string of the molecule is CC1CCCN1c1ncc(B(O)O)cn1. The number of hydrogen-bond donors (Lipinski definition) is 2. The number of hydrogen-bond acceptors (Lipinski definition) is 5. The summed E-state index contributed by atoms with van der Waals surface area (Å²) in [5.74, 6) is 0.671. The molecule has 5 nitrogen and oxygen atoms in total. The summed E-state index contributed by atoms with van der Waals surface area (Å²) in [5.41, 5.74) is 0.325. The second-order valence-corrected chi connectivity index (χ2v) is 3.87. The van der Waals surface area contributed by atoms with E-state index in [1.165, 1.54) is 12.4 Å². The molecule has 0 saturated carbocycles. The molecule has 1 fully saturated rings. The van der Waals surface area contributed by atoms with Crippen LogP contribution in [0.3, 0.4) is 0 Å². The fourth-order valence-corrected chi connectivity index (χ4v) is 1.84. The van der Waals surface area contributed by atoms with E-state index in [4.69, 9.17) is 10.0 Å². The molecule has 0 amide bonds. The van der Waals surface area contributed by atoms with Crippen LogP contribution in [-0.2, 0) is 0 Å². The predicted molar refractivity (Wildman–Crippen MR) is 57.9 cm³/mol. The van der Waals surface area contributed by atoms with Gasteiger partial charge in [0, 0.05) is 30.4 Å². The molecule has 1 atom stereocenters. The minimum atomic E-state index is -1.49. The van der Waals surface area contributed by atoms with Crippen molar-refractivity contribution in [3.8, 4) is 0 Å². The van der Waals surface area contributed by atoms with E-state index < -0.39 is 7.12 Å². The van der Waals surface area contributed by atoms with E-state index in [2.05, 4.69) is 21.8 Å². The van der Waals surface area contributed by atoms with Gasteiger partial charge in [-0.1, -0.05) is 0 Å². The molecule has 0 spiro atoms. The quantitative estimate of drug-likeness (QED) is 0.618. The third kappa shape index (κ3) is 2.10. The van der Waals surface area contributed by atoms with Crippen molar-refractivity contribution in [1.82, 2.24) is 9.97 Å². The summed E-state index contributed by atoms with van der Waals surface area (Å²) in [6.07, 6.45) is 5.23. The molecule has 1 aliphatic heterocycles. The first kappa shape index (κ1) is 10.4. The molecule has 0 bridgehead atoms. The normalized spacial score (nSPS) is 20.7. The van der Waals surface area contributed by atoms with Crippen molar-refractivity contribution < 1.29 is 10.0 Å². The maximum Gasteiger partial charge on any atom is 0.491 e. The van der Waals surface area contributed by atoms with Crippen LogP contribution in [0.4, 0.5) is 5.95 Å². The summed E-state index contributed by atoms with van der Waals surface area (Å²) in [6, 6.07) is 0.468. The molecule has 1 saturated heterocycles. The molecule has 80 valence electrons. The number of nitrogens with zero attached hydrogens (tertiary/aromatic N) is 3. The molecular formula is C9H14BN3O2. The van der Waals surface area contributed by atoms with Crippen molar-refractivity contribution in [2.45, 2.75) is 25.8 Å². The van der Waals surface area contributed by atoms with Gasteiger partial charge in [-0.15, -0.1) is 0 Å². The van der Waals surface area contributed by atoms with Crippen LogP contribution >= 0.6 is 0 Å². The highest BCUT2D eigenvalue weighted by Gasteiger charge is 2.23. The summed E-state index contributed by atoms with van der Waals surface area (Å²) < 4.78 is 0. The Balaban J connectivity index is 2.16. The maximum absolute atomic E-state index is 8.89. The third-order valence-electron chi connectivity index (χ3n) is 2.77. The molecule has 1 aromatic heterocycles. The van der Waals surface area contributed by atoms with E-state index in [1.54, 1.807) is 0 Å². The van der Waals surface area contributed by atoms with Crippen molar-refractivity contribution in [2.75, 3.05) is 11.4 Å². The van der Waals surface area contributed by atoms with E-state index in [0.717, 1.165) is 19.4 Å². The van der Waals surface area contributed by atoms with Crippen LogP contribution in [0.5, 0.6) is 0 Å². The largest absolute Gasteiger partial charge is 0.491 e. The average Bonchev–Trinajstić information content (AvgIpc) is 2.65. The van der Waals surface area contributed by atoms with Crippen LogP contribution in [0, 0.1) is 0 Å². The Morgan fingerprint density at radius 3 is 2.53 bits per heavy atom. The highest BCUT2D eigenvalue weighted by Crippen LogP contribution is 2.20. The summed E-state index contributed by atoms with van der Waals surface area (Å²) in [5, 5.41) is 17.8. The van der Waals surface area contributed by atoms with Crippen LogP contribution in [0.25, 0.3) is 0 Å². The second kappa shape index (κ2) is 4.16. The van der Waals surface area contributed by atoms with Crippen molar-refractivity contribution in [1.29, 1.82) is 0 Å². The van der Waals surface area contributed by atoms with Gasteiger partial charge in [0.2, 0.25) is 5.95 Å². The van der Waals surface area contributed by atoms with Crippen molar-refractivity contribution in [2.24, 2.45) is 0 Å². The lowest BCUT2D eigenvalue weighted by Gasteiger charge is -2.20. The molecule has 6 heteroatoms. The first-order chi connectivity index (χ1) is 7.18. The molecule has 2 N–H and O–H groups in total. The van der Waals surface area contributed by atoms with Crippen LogP contribution in [0.2, 0.25) is 0 Å². The van der Waals surface area contributed by atoms with Crippen LogP contribution in [-0.4, -0.2) is 39.7 Å². The van der Waals surface area contributed by atoms with Crippen molar-refractivity contribution >= 4 is 18.5 Å². The van der Waals surface area contributed by atoms with E-state index in [9.17, 15) is 0 Å². The van der Waals surface area contributed by atoms with Crippen LogP contribution < -0.4 is 10.4 Å². The minimum absolute atomic E-state index is 0.325. The monoisotopic (exact) mass is 207 g/mol. The van der Waals surface area contributed by atoms with Gasteiger partial charge in [0.25, 0.3) is 0 Å². The van der Waals surface area contributed by atoms with Gasteiger partial charge in [-0.2, -0.15) is 0 Å². The Bertz CT molecular complexity index is 331. The molecule has 1 aliphatic rings. The zero-order valence-corrected chi connectivity index (χ0v) is 8.67. The van der Waals surface area contributed by atoms with Gasteiger partial charge < -0.3 is 14.9 Å². The average molecular weight is 207 g/mol. The summed E-state index contributed by atoms with van der Waals surface area (Å²) in [4.78, 5) is 10.4. The summed E-state index contributed by atoms with van der Waals surface area (Å²) in [7, 11) is -1.49. The zero-order chi connectivity index (χ0) is 10.8. The molecule has 15 heavy (non-hydrogen) atoms. The lowest BCUT2D eigenvalue weighted by molar-refractivity contribution is 0.425. The fraction of sp³-hybridized carbons (Fsp3) is 0.556. The van der Waals surface area contributed by atoms with Gasteiger partial charge in [-0.3, -0.25) is 0 Å². The Labute approximate surface area is 88.9 Å². The molecular weight excluding hydrogens is 193 g/mol. The molecule has 1 aromatic rings. The Hall–Kier alpha value is -1.14. The fourth-order valence-electron chi connectivity index (χ4n) is 1.84. The van der Waals surface area contributed by atoms with Crippen LogP contribution in [0.15, 0.2) is 12.4 Å². The zero-order valence-electron chi connectivity index (χ0n) is 8.67. The Morgan fingerprint density at radius 2 is 2.07 bits per heavy atom. The van der Waals surface area contributed by atoms with E-state index in [1.807, 2.05) is 0 Å². The molecule has 2 heterocycles. The molecule has 0 radical (unpaired) electrons. The van der Waals surface area contributed by atoms with Gasteiger partial charge in [-0.25, -0.2) is 9.97 Å². The van der Waals surface area contributed by atoms with Gasteiger partial charge in [0.1, 0.15) is 0 Å². The summed E-state index contributed by atoms with van der Waals surface area (Å²) >= 11 is 0. The Morgan fingerprint density at radius 1 is 1.40 bits per heavy atom. The second-order valence-electron chi connectivity index (χ2n) is 3.87. The number of rotatable bonds is 2. The third-order valence-corrected chi connectivity index (χ3v) is 2.77. The first-order valence-corrected chi connectivity index (χ1v) is 5.13. The molecule has 0 aliphatic carbocycles. The van der Waals surface area contributed by atoms with E-state index >= 15 is 0 Å². The standard InChI is InChI=1S/C9H14BN3O2/c1-7-3-2-4-13(7)9-11-5-8(6-12-9)10(14)15/h5-7,14-15H,2-4H2,1H3. The molecule has 1 unspecified atom stereocenters. The molecule has 0 aromatic carbocycles. The highest BCUT2D eigenvalue weighted by molar-refractivity contribution is 6.58. The van der Waals surface area contributed by atoms with Gasteiger partial charge >= 0.3 is 7.12 Å². The Kier molecular flexibility index (Phi) is 2.88. The topological polar surface area (TPSA) is 69.5 Å². The van der Waals surface area contributed by atoms with Crippen LogP contribution in [0.1, 0.15) is 19.8 Å². The number of anilines is 1. The predicted octanol–water partition coefficient (Wildman–Crippen LogP) is -0.855. The van der Waals surface area contributed by atoms with Gasteiger partial charge in [0.15, 0.2) is 0 Å². The number of aromatic nitrogens is 2. The first-order valence-electron chi connectivity index (χ1n) is 5.13.